The number of sulfonamides is 1. The minimum Gasteiger partial charge on any atom is -0.392 e. The highest BCUT2D eigenvalue weighted by atomic mass is 32.2. The number of aliphatic hydroxyl groups is 1. The Morgan fingerprint density at radius 3 is 2.38 bits per heavy atom. The zero-order valence-corrected chi connectivity index (χ0v) is 13.5. The Kier molecular flexibility index (Phi) is 4.72. The van der Waals surface area contributed by atoms with Gasteiger partial charge in [-0.25, -0.2) is 16.8 Å². The lowest BCUT2D eigenvalue weighted by Crippen LogP contribution is -2.43. The van der Waals surface area contributed by atoms with Crippen molar-refractivity contribution < 1.29 is 21.9 Å². The Morgan fingerprint density at radius 1 is 1.24 bits per heavy atom. The van der Waals surface area contributed by atoms with E-state index in [1.807, 2.05) is 6.92 Å². The number of nitrogens with zero attached hydrogens (tertiary/aromatic N) is 1. The van der Waals surface area contributed by atoms with Crippen LogP contribution in [0.15, 0.2) is 23.1 Å². The first-order chi connectivity index (χ1) is 9.80. The second-order valence-corrected chi connectivity index (χ2v) is 9.22. The first-order valence-corrected chi connectivity index (χ1v) is 9.99. The molecule has 1 aliphatic rings. The minimum atomic E-state index is -3.73. The molecular weight excluding hydrogens is 314 g/mol. The monoisotopic (exact) mass is 333 g/mol. The summed E-state index contributed by atoms with van der Waals surface area (Å²) in [4.78, 5) is 0.163. The van der Waals surface area contributed by atoms with Crippen LogP contribution in [0.5, 0.6) is 0 Å². The van der Waals surface area contributed by atoms with Crippen LogP contribution in [0.4, 0.5) is 0 Å². The molecule has 6 nitrogen and oxygen atoms in total. The number of rotatable bonds is 4. The molecule has 0 radical (unpaired) electrons. The standard InChI is InChI=1S/C13H19NO5S2/c1-2-12-4-3-11(10-15)9-13(12)21(18,19)14-5-7-20(16,17)8-6-14/h3-4,9,15H,2,5-8,10H2,1H3. The fourth-order valence-electron chi connectivity index (χ4n) is 2.30. The Bertz CT molecular complexity index is 711. The number of aryl methyl sites for hydroxylation is 1. The van der Waals surface area contributed by atoms with E-state index in [9.17, 15) is 21.9 Å². The first kappa shape index (κ1) is 16.4. The SMILES string of the molecule is CCc1ccc(CO)cc1S(=O)(=O)N1CCS(=O)(=O)CC1. The predicted molar refractivity (Wildman–Crippen MR) is 79.2 cm³/mol. The van der Waals surface area contributed by atoms with Crippen LogP contribution >= 0.6 is 0 Å². The maximum absolute atomic E-state index is 12.7. The van der Waals surface area contributed by atoms with E-state index in [4.69, 9.17) is 0 Å². The molecule has 0 spiro atoms. The van der Waals surface area contributed by atoms with Crippen molar-refractivity contribution in [3.63, 3.8) is 0 Å². The zero-order valence-electron chi connectivity index (χ0n) is 11.8. The summed E-state index contributed by atoms with van der Waals surface area (Å²) < 4.78 is 49.5. The molecule has 0 unspecified atom stereocenters. The molecule has 0 bridgehead atoms. The van der Waals surface area contributed by atoms with Gasteiger partial charge in [-0.2, -0.15) is 4.31 Å². The molecule has 8 heteroatoms. The molecule has 1 aromatic carbocycles. The van der Waals surface area contributed by atoms with Gasteiger partial charge in [0.1, 0.15) is 0 Å². The quantitative estimate of drug-likeness (QED) is 0.847. The highest BCUT2D eigenvalue weighted by molar-refractivity contribution is 7.92. The molecule has 0 amide bonds. The van der Waals surface area contributed by atoms with Crippen molar-refractivity contribution in [2.75, 3.05) is 24.6 Å². The average Bonchev–Trinajstić information content (AvgIpc) is 2.46. The largest absolute Gasteiger partial charge is 0.392 e. The van der Waals surface area contributed by atoms with Gasteiger partial charge in [0, 0.05) is 13.1 Å². The number of sulfone groups is 1. The third-order valence-electron chi connectivity index (χ3n) is 3.62. The summed E-state index contributed by atoms with van der Waals surface area (Å²) >= 11 is 0. The van der Waals surface area contributed by atoms with Crippen LogP contribution in [-0.2, 0) is 32.9 Å². The van der Waals surface area contributed by atoms with E-state index in [2.05, 4.69) is 0 Å². The van der Waals surface area contributed by atoms with E-state index in [1.165, 1.54) is 10.4 Å². The molecule has 1 N–H and O–H groups in total. The summed E-state index contributed by atoms with van der Waals surface area (Å²) in [5.74, 6) is -0.291. The molecule has 21 heavy (non-hydrogen) atoms. The lowest BCUT2D eigenvalue weighted by Gasteiger charge is -2.27. The molecule has 1 aromatic rings. The van der Waals surface area contributed by atoms with Gasteiger partial charge in [0.2, 0.25) is 10.0 Å². The highest BCUT2D eigenvalue weighted by Crippen LogP contribution is 2.24. The van der Waals surface area contributed by atoms with Crippen molar-refractivity contribution in [3.05, 3.63) is 29.3 Å². The van der Waals surface area contributed by atoms with Crippen LogP contribution in [-0.4, -0.2) is 50.8 Å². The van der Waals surface area contributed by atoms with Gasteiger partial charge in [0.15, 0.2) is 9.84 Å². The smallest absolute Gasteiger partial charge is 0.243 e. The van der Waals surface area contributed by atoms with Crippen LogP contribution in [0, 0.1) is 0 Å². The molecule has 1 saturated heterocycles. The number of aliphatic hydroxyl groups excluding tert-OH is 1. The van der Waals surface area contributed by atoms with Crippen LogP contribution < -0.4 is 0 Å². The zero-order chi connectivity index (χ0) is 15.7. The van der Waals surface area contributed by atoms with E-state index in [1.54, 1.807) is 12.1 Å². The Hall–Kier alpha value is -0.960. The molecule has 118 valence electrons. The third-order valence-corrected chi connectivity index (χ3v) is 7.21. The van der Waals surface area contributed by atoms with Crippen LogP contribution in [0.1, 0.15) is 18.1 Å². The van der Waals surface area contributed by atoms with Gasteiger partial charge >= 0.3 is 0 Å². The molecule has 2 rings (SSSR count). The summed E-state index contributed by atoms with van der Waals surface area (Å²) in [6.07, 6.45) is 0.548. The fraction of sp³-hybridized carbons (Fsp3) is 0.538. The summed E-state index contributed by atoms with van der Waals surface area (Å²) in [7, 11) is -6.86. The van der Waals surface area contributed by atoms with Gasteiger partial charge in [-0.15, -0.1) is 0 Å². The predicted octanol–water partition coefficient (Wildman–Crippen LogP) is 0.160. The number of hydrogen-bond acceptors (Lipinski definition) is 5. The molecule has 0 atom stereocenters. The number of hydrogen-bond donors (Lipinski definition) is 1. The summed E-state index contributed by atoms with van der Waals surface area (Å²) in [5, 5.41) is 9.18. The molecule has 1 fully saturated rings. The third kappa shape index (κ3) is 3.45. The maximum atomic E-state index is 12.7. The van der Waals surface area contributed by atoms with E-state index < -0.39 is 19.9 Å². The molecule has 0 aromatic heterocycles. The lowest BCUT2D eigenvalue weighted by molar-refractivity contribution is 0.281. The highest BCUT2D eigenvalue weighted by Gasteiger charge is 2.32. The fourth-order valence-corrected chi connectivity index (χ4v) is 5.52. The molecule has 0 aliphatic carbocycles. The van der Waals surface area contributed by atoms with Gasteiger partial charge in [0.25, 0.3) is 0 Å². The van der Waals surface area contributed by atoms with E-state index in [0.717, 1.165) is 0 Å². The van der Waals surface area contributed by atoms with Gasteiger partial charge in [-0.1, -0.05) is 19.1 Å². The molecular formula is C13H19NO5S2. The summed E-state index contributed by atoms with van der Waals surface area (Å²) in [6, 6.07) is 4.86. The van der Waals surface area contributed by atoms with E-state index in [-0.39, 0.29) is 36.1 Å². The van der Waals surface area contributed by atoms with Gasteiger partial charge < -0.3 is 5.11 Å². The van der Waals surface area contributed by atoms with Crippen molar-refractivity contribution >= 4 is 19.9 Å². The summed E-state index contributed by atoms with van der Waals surface area (Å²) in [5.41, 5.74) is 1.19. The Labute approximate surface area is 125 Å². The van der Waals surface area contributed by atoms with Crippen LogP contribution in [0.3, 0.4) is 0 Å². The first-order valence-electron chi connectivity index (χ1n) is 6.73. The van der Waals surface area contributed by atoms with Crippen molar-refractivity contribution in [2.24, 2.45) is 0 Å². The van der Waals surface area contributed by atoms with Crippen molar-refractivity contribution in [1.82, 2.24) is 4.31 Å². The van der Waals surface area contributed by atoms with Crippen molar-refractivity contribution in [3.8, 4) is 0 Å². The average molecular weight is 333 g/mol. The Morgan fingerprint density at radius 2 is 1.86 bits per heavy atom. The maximum Gasteiger partial charge on any atom is 0.243 e. The van der Waals surface area contributed by atoms with Crippen molar-refractivity contribution in [2.45, 2.75) is 24.8 Å². The second-order valence-electron chi connectivity index (χ2n) is 5.01. The van der Waals surface area contributed by atoms with Crippen LogP contribution in [0.25, 0.3) is 0 Å². The molecule has 1 aliphatic heterocycles. The van der Waals surface area contributed by atoms with E-state index in [0.29, 0.717) is 17.5 Å². The second kappa shape index (κ2) is 6.04. The normalized spacial score (nSPS) is 19.5. The lowest BCUT2D eigenvalue weighted by atomic mass is 10.1. The Balaban J connectivity index is 2.40. The van der Waals surface area contributed by atoms with Crippen molar-refractivity contribution in [1.29, 1.82) is 0 Å². The molecule has 1 heterocycles. The minimum absolute atomic E-state index is 0.0167. The molecule has 0 saturated carbocycles. The van der Waals surface area contributed by atoms with E-state index >= 15 is 0 Å². The van der Waals surface area contributed by atoms with Gasteiger partial charge in [-0.05, 0) is 23.6 Å². The van der Waals surface area contributed by atoms with Crippen LogP contribution in [0.2, 0.25) is 0 Å². The topological polar surface area (TPSA) is 91.8 Å². The van der Waals surface area contributed by atoms with Gasteiger partial charge in [0.05, 0.1) is 23.0 Å². The van der Waals surface area contributed by atoms with Gasteiger partial charge in [-0.3, -0.25) is 0 Å². The summed E-state index contributed by atoms with van der Waals surface area (Å²) in [6.45, 7) is 1.59. The number of benzene rings is 1.